The molecule has 0 bridgehead atoms. The minimum absolute atomic E-state index is 0.0325. The van der Waals surface area contributed by atoms with E-state index < -0.39 is 0 Å². The molecule has 4 rings (SSSR count). The Bertz CT molecular complexity index is 839. The quantitative estimate of drug-likeness (QED) is 0.806. The summed E-state index contributed by atoms with van der Waals surface area (Å²) in [5.41, 5.74) is 3.10. The zero-order chi connectivity index (χ0) is 15.6. The summed E-state index contributed by atoms with van der Waals surface area (Å²) in [5, 5.41) is 7.64. The van der Waals surface area contributed by atoms with E-state index in [1.54, 1.807) is 19.6 Å². The molecule has 0 saturated carbocycles. The lowest BCUT2D eigenvalue weighted by atomic mass is 10.0. The summed E-state index contributed by atoms with van der Waals surface area (Å²) < 4.78 is 7.09. The number of rotatable bonds is 3. The van der Waals surface area contributed by atoms with Crippen LogP contribution >= 0.6 is 0 Å². The van der Waals surface area contributed by atoms with E-state index in [4.69, 9.17) is 4.74 Å². The van der Waals surface area contributed by atoms with Gasteiger partial charge in [0.05, 0.1) is 7.11 Å². The molecule has 0 spiro atoms. The van der Waals surface area contributed by atoms with Gasteiger partial charge in [0, 0.05) is 23.7 Å². The van der Waals surface area contributed by atoms with Crippen LogP contribution in [0.2, 0.25) is 0 Å². The van der Waals surface area contributed by atoms with E-state index in [0.29, 0.717) is 5.95 Å². The number of ether oxygens (including phenoxy) is 1. The fourth-order valence-electron chi connectivity index (χ4n) is 2.66. The molecule has 1 aliphatic rings. The number of hydrogen-bond acceptors (Lipinski definition) is 5. The fraction of sp³-hybridized carbons (Fsp3) is 0.118. The lowest BCUT2D eigenvalue weighted by molar-refractivity contribution is 0.414. The van der Waals surface area contributed by atoms with Gasteiger partial charge in [0.25, 0.3) is 0 Å². The number of anilines is 1. The third-order valence-corrected chi connectivity index (χ3v) is 3.84. The molecule has 2 aromatic heterocycles. The largest absolute Gasteiger partial charge is 0.497 e. The molecule has 3 heterocycles. The van der Waals surface area contributed by atoms with Gasteiger partial charge in [0.1, 0.15) is 18.1 Å². The Balaban J connectivity index is 1.78. The van der Waals surface area contributed by atoms with Crippen LogP contribution in [0.15, 0.2) is 61.2 Å². The molecule has 114 valence electrons. The monoisotopic (exact) mass is 305 g/mol. The number of methoxy groups -OCH3 is 1. The molecule has 6 nitrogen and oxygen atoms in total. The van der Waals surface area contributed by atoms with E-state index in [0.717, 1.165) is 22.6 Å². The van der Waals surface area contributed by atoms with Crippen molar-refractivity contribution in [2.75, 3.05) is 12.4 Å². The zero-order valence-corrected chi connectivity index (χ0v) is 12.5. The normalized spacial score (nSPS) is 16.2. The predicted octanol–water partition coefficient (Wildman–Crippen LogP) is 2.74. The molecule has 23 heavy (non-hydrogen) atoms. The second-order valence-corrected chi connectivity index (χ2v) is 5.19. The highest BCUT2D eigenvalue weighted by Crippen LogP contribution is 2.32. The first-order valence-corrected chi connectivity index (χ1v) is 7.28. The Kier molecular flexibility index (Phi) is 3.27. The van der Waals surface area contributed by atoms with Crippen LogP contribution in [0.1, 0.15) is 17.2 Å². The predicted molar refractivity (Wildman–Crippen MR) is 87.0 cm³/mol. The SMILES string of the molecule is COc1ccc([C@H]2C=C(c3cccnc3)Nc3ncnn32)cc1. The Morgan fingerprint density at radius 2 is 2.04 bits per heavy atom. The van der Waals surface area contributed by atoms with E-state index in [-0.39, 0.29) is 6.04 Å². The number of benzene rings is 1. The molecule has 1 aliphatic heterocycles. The lowest BCUT2D eigenvalue weighted by Crippen LogP contribution is -2.20. The Morgan fingerprint density at radius 3 is 2.78 bits per heavy atom. The van der Waals surface area contributed by atoms with E-state index in [1.807, 2.05) is 47.3 Å². The second-order valence-electron chi connectivity index (χ2n) is 5.19. The van der Waals surface area contributed by atoms with Crippen molar-refractivity contribution in [3.05, 3.63) is 72.3 Å². The summed E-state index contributed by atoms with van der Waals surface area (Å²) in [4.78, 5) is 8.48. The maximum absolute atomic E-state index is 5.23. The molecule has 0 amide bonds. The van der Waals surface area contributed by atoms with Crippen LogP contribution in [-0.4, -0.2) is 26.9 Å². The van der Waals surface area contributed by atoms with Crippen LogP contribution in [-0.2, 0) is 0 Å². The van der Waals surface area contributed by atoms with Crippen molar-refractivity contribution < 1.29 is 4.74 Å². The second kappa shape index (κ2) is 5.57. The van der Waals surface area contributed by atoms with E-state index in [2.05, 4.69) is 26.5 Å². The number of pyridine rings is 1. The molecule has 0 saturated heterocycles. The maximum atomic E-state index is 5.23. The van der Waals surface area contributed by atoms with Gasteiger partial charge in [-0.2, -0.15) is 10.1 Å². The average Bonchev–Trinajstić information content (AvgIpc) is 3.10. The molecule has 0 radical (unpaired) electrons. The van der Waals surface area contributed by atoms with Gasteiger partial charge < -0.3 is 10.1 Å². The van der Waals surface area contributed by atoms with Crippen molar-refractivity contribution in [1.29, 1.82) is 0 Å². The molecular formula is C17H15N5O. The Labute approximate surface area is 133 Å². The first-order valence-electron chi connectivity index (χ1n) is 7.28. The molecule has 0 fully saturated rings. The van der Waals surface area contributed by atoms with Crippen molar-refractivity contribution in [2.45, 2.75) is 6.04 Å². The van der Waals surface area contributed by atoms with Crippen LogP contribution in [0.5, 0.6) is 5.75 Å². The van der Waals surface area contributed by atoms with Gasteiger partial charge in [-0.15, -0.1) is 0 Å². The summed E-state index contributed by atoms with van der Waals surface area (Å²) in [5.74, 6) is 1.55. The van der Waals surface area contributed by atoms with Crippen LogP contribution in [0.3, 0.4) is 0 Å². The van der Waals surface area contributed by atoms with Gasteiger partial charge in [-0.25, -0.2) is 4.68 Å². The topological polar surface area (TPSA) is 64.9 Å². The summed E-state index contributed by atoms with van der Waals surface area (Å²) in [7, 11) is 1.66. The van der Waals surface area contributed by atoms with Crippen LogP contribution in [0, 0.1) is 0 Å². The molecule has 1 atom stereocenters. The van der Waals surface area contributed by atoms with Gasteiger partial charge in [-0.3, -0.25) is 4.98 Å². The molecule has 6 heteroatoms. The smallest absolute Gasteiger partial charge is 0.226 e. The molecule has 1 N–H and O–H groups in total. The number of fused-ring (bicyclic) bond motifs is 1. The first kappa shape index (κ1) is 13.5. The van der Waals surface area contributed by atoms with Gasteiger partial charge in [-0.05, 0) is 35.9 Å². The van der Waals surface area contributed by atoms with E-state index in [9.17, 15) is 0 Å². The molecule has 1 aromatic carbocycles. The minimum atomic E-state index is -0.0325. The number of allylic oxidation sites excluding steroid dienone is 1. The highest BCUT2D eigenvalue weighted by atomic mass is 16.5. The third-order valence-electron chi connectivity index (χ3n) is 3.84. The van der Waals surface area contributed by atoms with Crippen LogP contribution < -0.4 is 10.1 Å². The van der Waals surface area contributed by atoms with Gasteiger partial charge in [0.15, 0.2) is 0 Å². The number of nitrogens with zero attached hydrogens (tertiary/aromatic N) is 4. The molecule has 0 aliphatic carbocycles. The summed E-state index contributed by atoms with van der Waals surface area (Å²) >= 11 is 0. The standard InChI is InChI=1S/C17H15N5O/c1-23-14-6-4-12(5-7-14)16-9-15(13-3-2-8-18-10-13)21-17-19-11-20-22(16)17/h2-11,16H,1H3,(H,19,20,21)/t16-/m1/s1. The van der Waals surface area contributed by atoms with Gasteiger partial charge >= 0.3 is 0 Å². The van der Waals surface area contributed by atoms with Crippen molar-refractivity contribution in [3.63, 3.8) is 0 Å². The van der Waals surface area contributed by atoms with E-state index in [1.165, 1.54) is 0 Å². The van der Waals surface area contributed by atoms with Crippen LogP contribution in [0.4, 0.5) is 5.95 Å². The van der Waals surface area contributed by atoms with Crippen molar-refractivity contribution in [1.82, 2.24) is 19.7 Å². The highest BCUT2D eigenvalue weighted by molar-refractivity contribution is 5.76. The number of nitrogens with one attached hydrogen (secondary N) is 1. The number of hydrogen-bond donors (Lipinski definition) is 1. The number of aromatic nitrogens is 4. The van der Waals surface area contributed by atoms with Crippen molar-refractivity contribution in [3.8, 4) is 5.75 Å². The van der Waals surface area contributed by atoms with Crippen molar-refractivity contribution >= 4 is 11.6 Å². The Hall–Kier alpha value is -3.15. The van der Waals surface area contributed by atoms with Crippen molar-refractivity contribution in [2.24, 2.45) is 0 Å². The first-order chi connectivity index (χ1) is 11.3. The maximum Gasteiger partial charge on any atom is 0.226 e. The minimum Gasteiger partial charge on any atom is -0.497 e. The fourth-order valence-corrected chi connectivity index (χ4v) is 2.66. The lowest BCUT2D eigenvalue weighted by Gasteiger charge is -2.24. The molecule has 3 aromatic rings. The summed E-state index contributed by atoms with van der Waals surface area (Å²) in [6, 6.07) is 11.9. The van der Waals surface area contributed by atoms with Crippen LogP contribution in [0.25, 0.3) is 5.70 Å². The van der Waals surface area contributed by atoms with E-state index >= 15 is 0 Å². The molecule has 0 unspecified atom stereocenters. The van der Waals surface area contributed by atoms with Gasteiger partial charge in [-0.1, -0.05) is 12.1 Å². The average molecular weight is 305 g/mol. The summed E-state index contributed by atoms with van der Waals surface area (Å²) in [6.45, 7) is 0. The Morgan fingerprint density at radius 1 is 1.17 bits per heavy atom. The highest BCUT2D eigenvalue weighted by Gasteiger charge is 2.23. The summed E-state index contributed by atoms with van der Waals surface area (Å²) in [6.07, 6.45) is 7.27. The third kappa shape index (κ3) is 2.44. The zero-order valence-electron chi connectivity index (χ0n) is 12.5. The van der Waals surface area contributed by atoms with Gasteiger partial charge in [0.2, 0.25) is 5.95 Å². The molecular weight excluding hydrogens is 290 g/mol.